The summed E-state index contributed by atoms with van der Waals surface area (Å²) in [6.07, 6.45) is 4.91. The first-order valence-corrected chi connectivity index (χ1v) is 6.68. The molecule has 0 amide bonds. The van der Waals surface area contributed by atoms with Gasteiger partial charge in [-0.2, -0.15) is 5.10 Å². The van der Waals surface area contributed by atoms with E-state index in [0.29, 0.717) is 12.4 Å². The lowest BCUT2D eigenvalue weighted by Gasteiger charge is -2.11. The van der Waals surface area contributed by atoms with Crippen LogP contribution in [0, 0.1) is 0 Å². The van der Waals surface area contributed by atoms with E-state index < -0.39 is 0 Å². The van der Waals surface area contributed by atoms with E-state index >= 15 is 0 Å². The van der Waals surface area contributed by atoms with Gasteiger partial charge in [0.1, 0.15) is 5.02 Å². The molecule has 0 saturated heterocycles. The third-order valence-electron chi connectivity index (χ3n) is 2.99. The van der Waals surface area contributed by atoms with E-state index in [4.69, 9.17) is 11.6 Å². The zero-order valence-corrected chi connectivity index (χ0v) is 11.7. The van der Waals surface area contributed by atoms with Crippen LogP contribution in [0.2, 0.25) is 5.02 Å². The molecule has 6 nitrogen and oxygen atoms in total. The Kier molecular flexibility index (Phi) is 3.70. The van der Waals surface area contributed by atoms with Crippen LogP contribution in [-0.4, -0.2) is 19.7 Å². The standard InChI is InChI=1S/C14H12ClN5O/c15-12-13(17-9-18-14(12)21)16-8-10-4-1-2-5-11(10)20-7-3-6-19-20/h1-7,9H,8H2,(H2,16,17,18,21). The highest BCUT2D eigenvalue weighted by Gasteiger charge is 2.08. The number of benzene rings is 1. The molecule has 0 fully saturated rings. The molecule has 3 aromatic rings. The average Bonchev–Trinajstić information content (AvgIpc) is 3.03. The zero-order chi connectivity index (χ0) is 14.7. The van der Waals surface area contributed by atoms with Gasteiger partial charge in [-0.1, -0.05) is 29.8 Å². The fourth-order valence-corrected chi connectivity index (χ4v) is 2.15. The van der Waals surface area contributed by atoms with Gasteiger partial charge in [-0.15, -0.1) is 0 Å². The van der Waals surface area contributed by atoms with Crippen molar-refractivity contribution in [1.82, 2.24) is 19.7 Å². The zero-order valence-electron chi connectivity index (χ0n) is 11.0. The molecule has 0 aliphatic heterocycles. The average molecular weight is 302 g/mol. The quantitative estimate of drug-likeness (QED) is 0.775. The Labute approximate surface area is 125 Å². The summed E-state index contributed by atoms with van der Waals surface area (Å²) in [4.78, 5) is 17.9. The van der Waals surface area contributed by atoms with Crippen molar-refractivity contribution in [2.75, 3.05) is 5.32 Å². The molecule has 0 aliphatic rings. The van der Waals surface area contributed by atoms with Crippen molar-refractivity contribution in [3.05, 3.63) is 70.0 Å². The number of rotatable bonds is 4. The summed E-state index contributed by atoms with van der Waals surface area (Å²) in [7, 11) is 0. The molecular weight excluding hydrogens is 290 g/mol. The highest BCUT2D eigenvalue weighted by Crippen LogP contribution is 2.17. The van der Waals surface area contributed by atoms with Crippen LogP contribution >= 0.6 is 11.6 Å². The number of nitrogens with one attached hydrogen (secondary N) is 2. The lowest BCUT2D eigenvalue weighted by molar-refractivity contribution is 0.863. The van der Waals surface area contributed by atoms with Gasteiger partial charge in [-0.3, -0.25) is 4.79 Å². The Morgan fingerprint density at radius 1 is 1.29 bits per heavy atom. The van der Waals surface area contributed by atoms with E-state index in [1.807, 2.05) is 36.5 Å². The van der Waals surface area contributed by atoms with Crippen molar-refractivity contribution in [2.45, 2.75) is 6.54 Å². The summed E-state index contributed by atoms with van der Waals surface area (Å²) in [5.74, 6) is 0.357. The van der Waals surface area contributed by atoms with Crippen LogP contribution in [0.4, 0.5) is 5.82 Å². The van der Waals surface area contributed by atoms with Crippen molar-refractivity contribution in [3.8, 4) is 5.69 Å². The smallest absolute Gasteiger partial charge is 0.271 e. The number of para-hydroxylation sites is 1. The number of nitrogens with zero attached hydrogens (tertiary/aromatic N) is 3. The van der Waals surface area contributed by atoms with Crippen LogP contribution < -0.4 is 10.9 Å². The molecular formula is C14H12ClN5O. The molecule has 3 rings (SSSR count). The molecule has 0 unspecified atom stereocenters. The monoisotopic (exact) mass is 301 g/mol. The molecule has 2 N–H and O–H groups in total. The number of H-pyrrole nitrogens is 1. The maximum Gasteiger partial charge on any atom is 0.271 e. The van der Waals surface area contributed by atoms with Crippen molar-refractivity contribution < 1.29 is 0 Å². The summed E-state index contributed by atoms with van der Waals surface area (Å²) in [6, 6.07) is 9.69. The first-order valence-electron chi connectivity index (χ1n) is 6.30. The number of hydrogen-bond donors (Lipinski definition) is 2. The van der Waals surface area contributed by atoms with Gasteiger partial charge in [-0.25, -0.2) is 9.67 Å². The lowest BCUT2D eigenvalue weighted by atomic mass is 10.2. The van der Waals surface area contributed by atoms with Gasteiger partial charge in [-0.05, 0) is 17.7 Å². The molecule has 7 heteroatoms. The van der Waals surface area contributed by atoms with Gasteiger partial charge in [0.15, 0.2) is 5.82 Å². The normalized spacial score (nSPS) is 10.5. The summed E-state index contributed by atoms with van der Waals surface area (Å²) in [5, 5.41) is 7.34. The predicted octanol–water partition coefficient (Wildman–Crippen LogP) is 2.22. The largest absolute Gasteiger partial charge is 0.364 e. The minimum atomic E-state index is -0.366. The minimum absolute atomic E-state index is 0.0501. The molecule has 2 heterocycles. The number of hydrogen-bond acceptors (Lipinski definition) is 4. The van der Waals surface area contributed by atoms with Crippen molar-refractivity contribution >= 4 is 17.4 Å². The first kappa shape index (κ1) is 13.4. The van der Waals surface area contributed by atoms with Crippen LogP contribution in [0.3, 0.4) is 0 Å². The molecule has 0 aliphatic carbocycles. The second-order valence-electron chi connectivity index (χ2n) is 4.33. The molecule has 0 saturated carbocycles. The van der Waals surface area contributed by atoms with Gasteiger partial charge in [0, 0.05) is 18.9 Å². The number of aromatic amines is 1. The van der Waals surface area contributed by atoms with E-state index in [1.165, 1.54) is 6.33 Å². The summed E-state index contributed by atoms with van der Waals surface area (Å²) >= 11 is 5.91. The van der Waals surface area contributed by atoms with Crippen molar-refractivity contribution in [2.24, 2.45) is 0 Å². The Balaban J connectivity index is 1.86. The van der Waals surface area contributed by atoms with Gasteiger partial charge in [0.25, 0.3) is 5.56 Å². The second-order valence-corrected chi connectivity index (χ2v) is 4.71. The van der Waals surface area contributed by atoms with Crippen LogP contribution in [0.15, 0.2) is 53.8 Å². The number of halogens is 1. The highest BCUT2D eigenvalue weighted by molar-refractivity contribution is 6.32. The fourth-order valence-electron chi connectivity index (χ4n) is 1.98. The first-order chi connectivity index (χ1) is 10.3. The second kappa shape index (κ2) is 5.80. The molecule has 0 radical (unpaired) electrons. The number of anilines is 1. The molecule has 1 aromatic carbocycles. The molecule has 0 bridgehead atoms. The van der Waals surface area contributed by atoms with E-state index in [0.717, 1.165) is 11.3 Å². The van der Waals surface area contributed by atoms with Crippen LogP contribution in [0.25, 0.3) is 5.69 Å². The molecule has 106 valence electrons. The third-order valence-corrected chi connectivity index (χ3v) is 3.34. The van der Waals surface area contributed by atoms with Crippen molar-refractivity contribution in [1.29, 1.82) is 0 Å². The van der Waals surface area contributed by atoms with Gasteiger partial charge >= 0.3 is 0 Å². The third kappa shape index (κ3) is 2.80. The molecule has 21 heavy (non-hydrogen) atoms. The molecule has 0 atom stereocenters. The van der Waals surface area contributed by atoms with Gasteiger partial charge in [0.2, 0.25) is 0 Å². The van der Waals surface area contributed by atoms with Crippen LogP contribution in [0.5, 0.6) is 0 Å². The topological polar surface area (TPSA) is 75.6 Å². The van der Waals surface area contributed by atoms with E-state index in [1.54, 1.807) is 10.9 Å². The summed E-state index contributed by atoms with van der Waals surface area (Å²) in [5.41, 5.74) is 1.60. The number of aromatic nitrogens is 4. The summed E-state index contributed by atoms with van der Waals surface area (Å²) in [6.45, 7) is 0.478. The van der Waals surface area contributed by atoms with Gasteiger partial charge in [0.05, 0.1) is 12.0 Å². The molecule has 0 spiro atoms. The lowest BCUT2D eigenvalue weighted by Crippen LogP contribution is -2.12. The van der Waals surface area contributed by atoms with E-state index in [-0.39, 0.29) is 10.6 Å². The fraction of sp³-hybridized carbons (Fsp3) is 0.0714. The Bertz CT molecular complexity index is 797. The predicted molar refractivity (Wildman–Crippen MR) is 80.8 cm³/mol. The maximum absolute atomic E-state index is 11.4. The molecule has 2 aromatic heterocycles. The Morgan fingerprint density at radius 3 is 2.95 bits per heavy atom. The van der Waals surface area contributed by atoms with Crippen LogP contribution in [-0.2, 0) is 6.54 Å². The van der Waals surface area contributed by atoms with Gasteiger partial charge < -0.3 is 10.3 Å². The maximum atomic E-state index is 11.4. The van der Waals surface area contributed by atoms with E-state index in [2.05, 4.69) is 20.4 Å². The van der Waals surface area contributed by atoms with Crippen molar-refractivity contribution in [3.63, 3.8) is 0 Å². The Hall–Kier alpha value is -2.60. The summed E-state index contributed by atoms with van der Waals surface area (Å²) < 4.78 is 1.78. The highest BCUT2D eigenvalue weighted by atomic mass is 35.5. The SMILES string of the molecule is O=c1[nH]cnc(NCc2ccccc2-n2cccn2)c1Cl. The Morgan fingerprint density at radius 2 is 2.14 bits per heavy atom. The van der Waals surface area contributed by atoms with E-state index in [9.17, 15) is 4.79 Å². The van der Waals surface area contributed by atoms with Crippen LogP contribution in [0.1, 0.15) is 5.56 Å². The minimum Gasteiger partial charge on any atom is -0.364 e.